The molecule has 0 saturated heterocycles. The second kappa shape index (κ2) is 5.54. The Morgan fingerprint density at radius 1 is 1.09 bits per heavy atom. The van der Waals surface area contributed by atoms with Crippen LogP contribution in [0.1, 0.15) is 23.5 Å². The van der Waals surface area contributed by atoms with E-state index in [4.69, 9.17) is 23.2 Å². The zero-order valence-corrected chi connectivity index (χ0v) is 13.9. The summed E-state index contributed by atoms with van der Waals surface area (Å²) in [5.74, 6) is -0.527. The predicted octanol–water partition coefficient (Wildman–Crippen LogP) is 1.86. The van der Waals surface area contributed by atoms with E-state index in [0.717, 1.165) is 4.57 Å². The van der Waals surface area contributed by atoms with Crippen LogP contribution in [0.2, 0.25) is 10.0 Å². The normalized spacial score (nSPS) is 16.9. The standard InChI is InChI=1S/C15H13Cl2N3O3/c1-19-13-12(14(22)20(2)15(19)23)8(6-11(21)18-13)7-3-4-9(16)10(17)5-7/h3-5,8H,6H2,1-2H3,(H,18,21)/t8-/m0/s1. The van der Waals surface area contributed by atoms with Gasteiger partial charge in [0.15, 0.2) is 0 Å². The minimum atomic E-state index is -0.496. The van der Waals surface area contributed by atoms with Gasteiger partial charge in [-0.15, -0.1) is 0 Å². The van der Waals surface area contributed by atoms with Crippen LogP contribution in [0.5, 0.6) is 0 Å². The van der Waals surface area contributed by atoms with Gasteiger partial charge in [-0.3, -0.25) is 18.7 Å². The molecule has 0 fully saturated rings. The van der Waals surface area contributed by atoms with Crippen LogP contribution in [-0.4, -0.2) is 15.0 Å². The molecule has 0 aliphatic carbocycles. The number of fused-ring (bicyclic) bond motifs is 1. The van der Waals surface area contributed by atoms with Crippen LogP contribution in [-0.2, 0) is 18.9 Å². The molecule has 1 aromatic heterocycles. The van der Waals surface area contributed by atoms with Crippen molar-refractivity contribution < 1.29 is 4.79 Å². The number of rotatable bonds is 1. The predicted molar refractivity (Wildman–Crippen MR) is 88.5 cm³/mol. The first-order chi connectivity index (χ1) is 10.8. The summed E-state index contributed by atoms with van der Waals surface area (Å²) >= 11 is 12.0. The summed E-state index contributed by atoms with van der Waals surface area (Å²) in [6, 6.07) is 4.99. The number of benzene rings is 1. The topological polar surface area (TPSA) is 73.1 Å². The fraction of sp³-hybridized carbons (Fsp3) is 0.267. The van der Waals surface area contributed by atoms with Gasteiger partial charge in [0, 0.05) is 26.4 Å². The molecule has 1 aromatic carbocycles. The molecular weight excluding hydrogens is 341 g/mol. The molecule has 120 valence electrons. The second-order valence-corrected chi connectivity index (χ2v) is 6.26. The van der Waals surface area contributed by atoms with Gasteiger partial charge in [-0.1, -0.05) is 29.3 Å². The van der Waals surface area contributed by atoms with Crippen molar-refractivity contribution in [3.63, 3.8) is 0 Å². The van der Waals surface area contributed by atoms with Crippen LogP contribution >= 0.6 is 23.2 Å². The van der Waals surface area contributed by atoms with Crippen LogP contribution in [0, 0.1) is 0 Å². The summed E-state index contributed by atoms with van der Waals surface area (Å²) in [5.41, 5.74) is 0.141. The lowest BCUT2D eigenvalue weighted by atomic mass is 9.86. The number of amides is 1. The third-order valence-corrected chi connectivity index (χ3v) is 4.78. The molecule has 0 unspecified atom stereocenters. The first kappa shape index (κ1) is 15.8. The van der Waals surface area contributed by atoms with E-state index >= 15 is 0 Å². The lowest BCUT2D eigenvalue weighted by Crippen LogP contribution is -2.44. The van der Waals surface area contributed by atoms with E-state index in [2.05, 4.69) is 5.32 Å². The van der Waals surface area contributed by atoms with E-state index in [9.17, 15) is 14.4 Å². The number of carbonyl (C=O) groups excluding carboxylic acids is 1. The summed E-state index contributed by atoms with van der Waals surface area (Å²) in [4.78, 5) is 36.6. The SMILES string of the molecule is Cn1c2c(c(=O)n(C)c1=O)[C@H](c1ccc(Cl)c(Cl)c1)CC(=O)N2. The van der Waals surface area contributed by atoms with Crippen LogP contribution < -0.4 is 16.6 Å². The highest BCUT2D eigenvalue weighted by molar-refractivity contribution is 6.42. The zero-order valence-electron chi connectivity index (χ0n) is 12.4. The first-order valence-electron chi connectivity index (χ1n) is 6.86. The van der Waals surface area contributed by atoms with Gasteiger partial charge in [0.2, 0.25) is 5.91 Å². The first-order valence-corrected chi connectivity index (χ1v) is 7.61. The van der Waals surface area contributed by atoms with Crippen molar-refractivity contribution in [3.8, 4) is 0 Å². The lowest BCUT2D eigenvalue weighted by molar-refractivity contribution is -0.116. The van der Waals surface area contributed by atoms with Crippen molar-refractivity contribution >= 4 is 34.9 Å². The Labute approximate surface area is 141 Å². The fourth-order valence-electron chi connectivity index (χ4n) is 2.82. The Bertz CT molecular complexity index is 946. The largest absolute Gasteiger partial charge is 0.332 e. The minimum absolute atomic E-state index is 0.0956. The Balaban J connectivity index is 2.31. The number of carbonyl (C=O) groups is 1. The van der Waals surface area contributed by atoms with E-state index < -0.39 is 17.2 Å². The molecule has 1 N–H and O–H groups in total. The second-order valence-electron chi connectivity index (χ2n) is 5.45. The third kappa shape index (κ3) is 2.48. The number of hydrogen-bond donors (Lipinski definition) is 1. The molecule has 0 saturated carbocycles. The Morgan fingerprint density at radius 3 is 2.43 bits per heavy atom. The maximum Gasteiger partial charge on any atom is 0.332 e. The van der Waals surface area contributed by atoms with Gasteiger partial charge in [0.25, 0.3) is 5.56 Å². The maximum atomic E-state index is 12.6. The van der Waals surface area contributed by atoms with Crippen molar-refractivity contribution in [1.29, 1.82) is 0 Å². The summed E-state index contributed by atoms with van der Waals surface area (Å²) in [6.45, 7) is 0. The van der Waals surface area contributed by atoms with E-state index in [-0.39, 0.29) is 18.1 Å². The highest BCUT2D eigenvalue weighted by Crippen LogP contribution is 2.36. The van der Waals surface area contributed by atoms with Crippen molar-refractivity contribution in [2.75, 3.05) is 5.32 Å². The van der Waals surface area contributed by atoms with Gasteiger partial charge < -0.3 is 5.32 Å². The highest BCUT2D eigenvalue weighted by Gasteiger charge is 2.32. The van der Waals surface area contributed by atoms with Gasteiger partial charge in [-0.05, 0) is 17.7 Å². The number of anilines is 1. The number of nitrogens with one attached hydrogen (secondary N) is 1. The quantitative estimate of drug-likeness (QED) is 0.850. The molecule has 6 nitrogen and oxygen atoms in total. The molecule has 1 aliphatic heterocycles. The minimum Gasteiger partial charge on any atom is -0.312 e. The van der Waals surface area contributed by atoms with Crippen molar-refractivity contribution in [2.24, 2.45) is 14.1 Å². The summed E-state index contributed by atoms with van der Waals surface area (Å²) in [5, 5.41) is 3.35. The summed E-state index contributed by atoms with van der Waals surface area (Å²) in [6.07, 6.45) is 0.0956. The van der Waals surface area contributed by atoms with Crippen LogP contribution in [0.15, 0.2) is 27.8 Å². The van der Waals surface area contributed by atoms with E-state index in [0.29, 0.717) is 21.2 Å². The Hall–Kier alpha value is -2.05. The molecular formula is C15H13Cl2N3O3. The molecule has 23 heavy (non-hydrogen) atoms. The lowest BCUT2D eigenvalue weighted by Gasteiger charge is -2.27. The Morgan fingerprint density at radius 2 is 1.78 bits per heavy atom. The third-order valence-electron chi connectivity index (χ3n) is 4.04. The molecule has 8 heteroatoms. The van der Waals surface area contributed by atoms with Crippen LogP contribution in [0.25, 0.3) is 0 Å². The molecule has 0 spiro atoms. The van der Waals surface area contributed by atoms with Gasteiger partial charge >= 0.3 is 5.69 Å². The number of aromatic nitrogens is 2. The molecule has 2 heterocycles. The molecule has 1 amide bonds. The average Bonchev–Trinajstić information content (AvgIpc) is 2.52. The van der Waals surface area contributed by atoms with Gasteiger partial charge in [-0.25, -0.2) is 4.79 Å². The van der Waals surface area contributed by atoms with E-state index in [1.165, 1.54) is 18.7 Å². The number of nitrogens with zero attached hydrogens (tertiary/aromatic N) is 2. The monoisotopic (exact) mass is 353 g/mol. The van der Waals surface area contributed by atoms with Crippen molar-refractivity contribution in [2.45, 2.75) is 12.3 Å². The smallest absolute Gasteiger partial charge is 0.312 e. The maximum absolute atomic E-state index is 12.6. The van der Waals surface area contributed by atoms with Crippen LogP contribution in [0.4, 0.5) is 5.82 Å². The van der Waals surface area contributed by atoms with Crippen molar-refractivity contribution in [3.05, 3.63) is 60.2 Å². The molecule has 1 atom stereocenters. The fourth-order valence-corrected chi connectivity index (χ4v) is 3.13. The van der Waals surface area contributed by atoms with Gasteiger partial charge in [0.05, 0.1) is 15.6 Å². The van der Waals surface area contributed by atoms with E-state index in [1.54, 1.807) is 18.2 Å². The average molecular weight is 354 g/mol. The van der Waals surface area contributed by atoms with Gasteiger partial charge in [-0.2, -0.15) is 0 Å². The van der Waals surface area contributed by atoms with Gasteiger partial charge in [0.1, 0.15) is 5.82 Å². The molecule has 3 rings (SSSR count). The molecule has 1 aliphatic rings. The molecule has 0 bridgehead atoms. The van der Waals surface area contributed by atoms with Crippen molar-refractivity contribution in [1.82, 2.24) is 9.13 Å². The summed E-state index contributed by atoms with van der Waals surface area (Å²) < 4.78 is 2.29. The molecule has 2 aromatic rings. The molecule has 0 radical (unpaired) electrons. The summed E-state index contributed by atoms with van der Waals surface area (Å²) in [7, 11) is 2.92. The number of hydrogen-bond acceptors (Lipinski definition) is 3. The van der Waals surface area contributed by atoms with E-state index in [1.807, 2.05) is 0 Å². The number of halogens is 2. The Kier molecular flexibility index (Phi) is 3.82. The zero-order chi connectivity index (χ0) is 16.9. The van der Waals surface area contributed by atoms with Crippen LogP contribution in [0.3, 0.4) is 0 Å². The highest BCUT2D eigenvalue weighted by atomic mass is 35.5.